The van der Waals surface area contributed by atoms with E-state index in [2.05, 4.69) is 0 Å². The molecule has 18 heavy (non-hydrogen) atoms. The standard InChI is InChI=1S/C13H17NO4/c1-2-17-10-4-8-3-9(14)5-11(8)12(6-10)18-7-13(15)16/h4,6,9H,2-3,5,7,14H2,1H3,(H,15,16). The third-order valence-electron chi connectivity index (χ3n) is 2.89. The van der Waals surface area contributed by atoms with Crippen LogP contribution in [0.15, 0.2) is 12.1 Å². The van der Waals surface area contributed by atoms with Crippen molar-refractivity contribution >= 4 is 5.97 Å². The Morgan fingerprint density at radius 1 is 1.44 bits per heavy atom. The summed E-state index contributed by atoms with van der Waals surface area (Å²) in [6.45, 7) is 2.11. The molecule has 0 aliphatic heterocycles. The van der Waals surface area contributed by atoms with Crippen LogP contribution in [-0.4, -0.2) is 30.3 Å². The number of aliphatic carboxylic acids is 1. The van der Waals surface area contributed by atoms with E-state index in [1.165, 1.54) is 0 Å². The molecule has 3 N–H and O–H groups in total. The van der Waals surface area contributed by atoms with Gasteiger partial charge < -0.3 is 20.3 Å². The Hall–Kier alpha value is -1.75. The molecule has 1 aromatic carbocycles. The van der Waals surface area contributed by atoms with Crippen LogP contribution in [0.25, 0.3) is 0 Å². The van der Waals surface area contributed by atoms with Crippen LogP contribution in [0.1, 0.15) is 18.1 Å². The van der Waals surface area contributed by atoms with Gasteiger partial charge in [0.05, 0.1) is 6.61 Å². The maximum absolute atomic E-state index is 10.6. The molecule has 1 atom stereocenters. The number of carboxylic acids is 1. The van der Waals surface area contributed by atoms with Crippen LogP contribution in [0.3, 0.4) is 0 Å². The molecule has 1 aromatic rings. The highest BCUT2D eigenvalue weighted by atomic mass is 16.5. The van der Waals surface area contributed by atoms with Crippen LogP contribution in [0.5, 0.6) is 11.5 Å². The highest BCUT2D eigenvalue weighted by Crippen LogP contribution is 2.34. The number of hydrogen-bond donors (Lipinski definition) is 2. The van der Waals surface area contributed by atoms with Gasteiger partial charge in [0, 0.05) is 12.1 Å². The van der Waals surface area contributed by atoms with Crippen LogP contribution < -0.4 is 15.2 Å². The van der Waals surface area contributed by atoms with Gasteiger partial charge in [0.2, 0.25) is 0 Å². The van der Waals surface area contributed by atoms with E-state index in [1.807, 2.05) is 13.0 Å². The molecule has 1 aliphatic carbocycles. The molecule has 0 saturated heterocycles. The molecule has 98 valence electrons. The SMILES string of the molecule is CCOc1cc2c(c(OCC(=O)O)c1)CC(N)C2. The molecular weight excluding hydrogens is 234 g/mol. The van der Waals surface area contributed by atoms with E-state index in [-0.39, 0.29) is 12.6 Å². The smallest absolute Gasteiger partial charge is 0.341 e. The zero-order valence-corrected chi connectivity index (χ0v) is 10.3. The number of nitrogens with two attached hydrogens (primary N) is 1. The molecular formula is C13H17NO4. The van der Waals surface area contributed by atoms with Gasteiger partial charge in [0.1, 0.15) is 11.5 Å². The van der Waals surface area contributed by atoms with E-state index in [0.717, 1.165) is 24.0 Å². The quantitative estimate of drug-likeness (QED) is 0.815. The van der Waals surface area contributed by atoms with Crippen LogP contribution in [0, 0.1) is 0 Å². The fraction of sp³-hybridized carbons (Fsp3) is 0.462. The number of carboxylic acid groups (broad SMARTS) is 1. The van der Waals surface area contributed by atoms with Gasteiger partial charge in [0.25, 0.3) is 0 Å². The van der Waals surface area contributed by atoms with Crippen molar-refractivity contribution in [1.82, 2.24) is 0 Å². The van der Waals surface area contributed by atoms with Crippen LogP contribution >= 0.6 is 0 Å². The molecule has 0 radical (unpaired) electrons. The summed E-state index contributed by atoms with van der Waals surface area (Å²) in [4.78, 5) is 10.6. The minimum atomic E-state index is -0.993. The molecule has 1 aliphatic rings. The molecule has 0 saturated carbocycles. The Kier molecular flexibility index (Phi) is 3.72. The molecule has 5 heteroatoms. The van der Waals surface area contributed by atoms with Gasteiger partial charge in [-0.05, 0) is 37.0 Å². The summed E-state index contributed by atoms with van der Waals surface area (Å²) in [5.74, 6) is 0.282. The molecule has 0 heterocycles. The van der Waals surface area contributed by atoms with Gasteiger partial charge >= 0.3 is 5.97 Å². The van der Waals surface area contributed by atoms with Crippen LogP contribution in [0.2, 0.25) is 0 Å². The predicted octanol–water partition coefficient (Wildman–Crippen LogP) is 0.975. The Labute approximate surface area is 106 Å². The lowest BCUT2D eigenvalue weighted by Crippen LogP contribution is -2.19. The molecule has 0 aromatic heterocycles. The number of ether oxygens (including phenoxy) is 2. The van der Waals surface area contributed by atoms with Crippen molar-refractivity contribution in [2.75, 3.05) is 13.2 Å². The number of fused-ring (bicyclic) bond motifs is 1. The maximum atomic E-state index is 10.6. The van der Waals surface area contributed by atoms with E-state index in [4.69, 9.17) is 20.3 Å². The number of rotatable bonds is 5. The Morgan fingerprint density at radius 3 is 2.89 bits per heavy atom. The number of benzene rings is 1. The van der Waals surface area contributed by atoms with Crippen molar-refractivity contribution in [3.8, 4) is 11.5 Å². The van der Waals surface area contributed by atoms with E-state index >= 15 is 0 Å². The lowest BCUT2D eigenvalue weighted by atomic mass is 10.1. The first-order valence-electron chi connectivity index (χ1n) is 5.99. The van der Waals surface area contributed by atoms with Gasteiger partial charge in [-0.2, -0.15) is 0 Å². The third kappa shape index (κ3) is 2.73. The molecule has 0 spiro atoms. The zero-order valence-electron chi connectivity index (χ0n) is 10.3. The van der Waals surface area contributed by atoms with E-state index in [0.29, 0.717) is 18.1 Å². The summed E-state index contributed by atoms with van der Waals surface area (Å²) >= 11 is 0. The van der Waals surface area contributed by atoms with Crippen molar-refractivity contribution in [3.05, 3.63) is 23.3 Å². The van der Waals surface area contributed by atoms with Crippen LogP contribution in [-0.2, 0) is 17.6 Å². The van der Waals surface area contributed by atoms with Gasteiger partial charge in [-0.1, -0.05) is 0 Å². The van der Waals surface area contributed by atoms with Crippen molar-refractivity contribution in [2.24, 2.45) is 5.73 Å². The second kappa shape index (κ2) is 5.27. The fourth-order valence-corrected chi connectivity index (χ4v) is 2.22. The molecule has 0 fully saturated rings. The maximum Gasteiger partial charge on any atom is 0.341 e. The molecule has 1 unspecified atom stereocenters. The first kappa shape index (κ1) is 12.7. The first-order chi connectivity index (χ1) is 8.60. The first-order valence-corrected chi connectivity index (χ1v) is 5.99. The Balaban J connectivity index is 2.28. The average Bonchev–Trinajstić information content (AvgIpc) is 2.66. The van der Waals surface area contributed by atoms with E-state index in [1.54, 1.807) is 6.07 Å². The molecule has 0 amide bonds. The topological polar surface area (TPSA) is 81.8 Å². The van der Waals surface area contributed by atoms with Crippen LogP contribution in [0.4, 0.5) is 0 Å². The van der Waals surface area contributed by atoms with Crippen molar-refractivity contribution < 1.29 is 19.4 Å². The summed E-state index contributed by atoms with van der Waals surface area (Å²) in [6.07, 6.45) is 1.50. The monoisotopic (exact) mass is 251 g/mol. The van der Waals surface area contributed by atoms with Gasteiger partial charge in [-0.25, -0.2) is 4.79 Å². The second-order valence-electron chi connectivity index (χ2n) is 4.34. The minimum absolute atomic E-state index is 0.0732. The summed E-state index contributed by atoms with van der Waals surface area (Å²) in [6, 6.07) is 3.77. The lowest BCUT2D eigenvalue weighted by molar-refractivity contribution is -0.139. The van der Waals surface area contributed by atoms with Gasteiger partial charge in [-0.15, -0.1) is 0 Å². The van der Waals surface area contributed by atoms with Gasteiger partial charge in [-0.3, -0.25) is 0 Å². The van der Waals surface area contributed by atoms with E-state index in [9.17, 15) is 4.79 Å². The lowest BCUT2D eigenvalue weighted by Gasteiger charge is -2.12. The highest BCUT2D eigenvalue weighted by molar-refractivity contribution is 5.68. The van der Waals surface area contributed by atoms with Gasteiger partial charge in [0.15, 0.2) is 6.61 Å². The van der Waals surface area contributed by atoms with Crippen molar-refractivity contribution in [2.45, 2.75) is 25.8 Å². The molecule has 2 rings (SSSR count). The number of hydrogen-bond acceptors (Lipinski definition) is 4. The summed E-state index contributed by atoms with van der Waals surface area (Å²) in [5, 5.41) is 8.67. The fourth-order valence-electron chi connectivity index (χ4n) is 2.22. The van der Waals surface area contributed by atoms with Crippen molar-refractivity contribution in [3.63, 3.8) is 0 Å². The van der Waals surface area contributed by atoms with E-state index < -0.39 is 5.97 Å². The number of carbonyl (C=O) groups is 1. The largest absolute Gasteiger partial charge is 0.494 e. The zero-order chi connectivity index (χ0) is 13.1. The molecule has 5 nitrogen and oxygen atoms in total. The Bertz CT molecular complexity index is 459. The summed E-state index contributed by atoms with van der Waals surface area (Å²) in [7, 11) is 0. The second-order valence-corrected chi connectivity index (χ2v) is 4.34. The normalized spacial score (nSPS) is 17.3. The minimum Gasteiger partial charge on any atom is -0.494 e. The Morgan fingerprint density at radius 2 is 2.22 bits per heavy atom. The molecule has 0 bridgehead atoms. The highest BCUT2D eigenvalue weighted by Gasteiger charge is 2.23. The summed E-state index contributed by atoms with van der Waals surface area (Å²) in [5.41, 5.74) is 8.02. The predicted molar refractivity (Wildman–Crippen MR) is 66.1 cm³/mol. The van der Waals surface area contributed by atoms with Crippen molar-refractivity contribution in [1.29, 1.82) is 0 Å². The third-order valence-corrected chi connectivity index (χ3v) is 2.89. The summed E-state index contributed by atoms with van der Waals surface area (Å²) < 4.78 is 10.8. The average molecular weight is 251 g/mol.